The Bertz CT molecular complexity index is 2880. The number of rotatable bonds is 6. The van der Waals surface area contributed by atoms with Crippen molar-refractivity contribution >= 4 is 59.3 Å². The second kappa shape index (κ2) is 12.3. The molecule has 0 fully saturated rings. The second-order valence-corrected chi connectivity index (χ2v) is 16.8. The molecule has 9 aromatic rings. The Balaban J connectivity index is 1.24. The lowest BCUT2D eigenvalue weighted by Crippen LogP contribution is -2.19. The number of fused-ring (bicyclic) bond motifs is 7. The summed E-state index contributed by atoms with van der Waals surface area (Å²) in [6, 6.07) is 65.4. The van der Waals surface area contributed by atoms with E-state index >= 15 is 0 Å². The Morgan fingerprint density at radius 1 is 0.481 bits per heavy atom. The van der Waals surface area contributed by atoms with Crippen LogP contribution in [0.2, 0.25) is 0 Å². The number of nitrogens with zero attached hydrogens (tertiary/aromatic N) is 1. The fourth-order valence-corrected chi connectivity index (χ4v) is 10.2. The van der Waals surface area contributed by atoms with Crippen LogP contribution >= 0.6 is 11.3 Å². The zero-order valence-corrected chi connectivity index (χ0v) is 31.9. The Morgan fingerprint density at radius 2 is 1.11 bits per heavy atom. The van der Waals surface area contributed by atoms with Gasteiger partial charge in [-0.2, -0.15) is 0 Å². The molecule has 260 valence electrons. The van der Waals surface area contributed by atoms with E-state index in [0.29, 0.717) is 0 Å². The van der Waals surface area contributed by atoms with Gasteiger partial charge >= 0.3 is 0 Å². The molecule has 0 aliphatic heterocycles. The number of thiophene rings is 1. The van der Waals surface area contributed by atoms with Crippen LogP contribution in [0.25, 0.3) is 53.2 Å². The minimum atomic E-state index is -0.140. The number of hydrogen-bond donors (Lipinski definition) is 0. The summed E-state index contributed by atoms with van der Waals surface area (Å²) in [4.78, 5) is 2.50. The van der Waals surface area contributed by atoms with Gasteiger partial charge in [0, 0.05) is 53.5 Å². The quantitative estimate of drug-likeness (QED) is 0.166. The van der Waals surface area contributed by atoms with E-state index in [4.69, 9.17) is 0 Å². The van der Waals surface area contributed by atoms with Crippen LogP contribution in [0.4, 0.5) is 17.1 Å². The van der Waals surface area contributed by atoms with Crippen molar-refractivity contribution in [2.45, 2.75) is 38.5 Å². The molecule has 54 heavy (non-hydrogen) atoms. The molecular formula is C52H41NS. The summed E-state index contributed by atoms with van der Waals surface area (Å²) in [5, 5.41) is 5.11. The maximum absolute atomic E-state index is 2.50. The molecule has 1 aromatic heterocycles. The predicted octanol–water partition coefficient (Wildman–Crippen LogP) is 15.0. The van der Waals surface area contributed by atoms with Gasteiger partial charge in [0.1, 0.15) is 0 Å². The van der Waals surface area contributed by atoms with Crippen molar-refractivity contribution < 1.29 is 0 Å². The molecule has 0 unspecified atom stereocenters. The smallest absolute Gasteiger partial charge is 0.0547 e. The van der Waals surface area contributed by atoms with Gasteiger partial charge in [-0.15, -0.1) is 11.3 Å². The highest BCUT2D eigenvalue weighted by molar-refractivity contribution is 7.26. The summed E-state index contributed by atoms with van der Waals surface area (Å²) in [6.07, 6.45) is 0. The Kier molecular flexibility index (Phi) is 7.44. The number of hydrogen-bond acceptors (Lipinski definition) is 2. The molecule has 0 saturated carbocycles. The largest absolute Gasteiger partial charge is 0.310 e. The van der Waals surface area contributed by atoms with E-state index in [0.717, 1.165) is 11.4 Å². The van der Waals surface area contributed by atoms with Crippen LogP contribution < -0.4 is 4.90 Å². The topological polar surface area (TPSA) is 3.24 Å². The molecule has 1 nitrogen and oxygen atoms in total. The van der Waals surface area contributed by atoms with E-state index in [2.05, 4.69) is 209 Å². The Morgan fingerprint density at radius 3 is 1.94 bits per heavy atom. The zero-order chi connectivity index (χ0) is 36.6. The third-order valence-corrected chi connectivity index (χ3v) is 13.2. The summed E-state index contributed by atoms with van der Waals surface area (Å²) in [6.45, 7) is 9.36. The van der Waals surface area contributed by atoms with E-state index in [9.17, 15) is 0 Å². The third-order valence-electron chi connectivity index (χ3n) is 12.0. The highest BCUT2D eigenvalue weighted by Crippen LogP contribution is 2.53. The lowest BCUT2D eigenvalue weighted by molar-refractivity contribution is 0.641. The van der Waals surface area contributed by atoms with E-state index in [1.165, 1.54) is 81.1 Å². The van der Waals surface area contributed by atoms with E-state index in [1.807, 2.05) is 11.3 Å². The highest BCUT2D eigenvalue weighted by atomic mass is 32.1. The first-order valence-corrected chi connectivity index (χ1v) is 19.8. The molecule has 1 aliphatic carbocycles. The van der Waals surface area contributed by atoms with Gasteiger partial charge in [-0.05, 0) is 80.6 Å². The van der Waals surface area contributed by atoms with Crippen LogP contribution in [-0.4, -0.2) is 0 Å². The summed E-state index contributed by atoms with van der Waals surface area (Å²) in [5.41, 5.74) is 13.8. The minimum Gasteiger partial charge on any atom is -0.310 e. The van der Waals surface area contributed by atoms with E-state index < -0.39 is 0 Å². The SMILES string of the molecule is CC(C)(c1ccccc1)c1ccc(N(c2ccc3c(c2)-c2ccccc2C3(C)C)c2ccc3ccccc3c2-c2cccc3c2sc2ccccc23)cc1. The lowest BCUT2D eigenvalue weighted by atomic mass is 9.78. The summed E-state index contributed by atoms with van der Waals surface area (Å²) < 4.78 is 2.64. The van der Waals surface area contributed by atoms with Crippen LogP contribution in [0, 0.1) is 0 Å². The van der Waals surface area contributed by atoms with Gasteiger partial charge in [0.25, 0.3) is 0 Å². The van der Waals surface area contributed by atoms with Crippen molar-refractivity contribution in [1.29, 1.82) is 0 Å². The maximum atomic E-state index is 2.50. The highest BCUT2D eigenvalue weighted by Gasteiger charge is 2.36. The predicted molar refractivity (Wildman–Crippen MR) is 233 cm³/mol. The second-order valence-electron chi connectivity index (χ2n) is 15.7. The van der Waals surface area contributed by atoms with Crippen molar-refractivity contribution in [2.75, 3.05) is 4.90 Å². The Labute approximate surface area is 321 Å². The van der Waals surface area contributed by atoms with Crippen molar-refractivity contribution in [3.63, 3.8) is 0 Å². The molecule has 10 rings (SSSR count). The van der Waals surface area contributed by atoms with Crippen LogP contribution in [0.3, 0.4) is 0 Å². The van der Waals surface area contributed by atoms with E-state index in [-0.39, 0.29) is 10.8 Å². The maximum Gasteiger partial charge on any atom is 0.0547 e. The monoisotopic (exact) mass is 711 g/mol. The normalized spacial score (nSPS) is 13.3. The summed E-state index contributed by atoms with van der Waals surface area (Å²) in [5.74, 6) is 0. The standard InChI is InChI=1S/C52H41NS/c1-51(2,35-16-6-5-7-17-35)36-26-28-37(29-27-36)53(38-30-31-46-44(33-38)40-19-10-12-23-45(40)52(46,3)4)47-32-25-34-15-8-9-18-39(34)49(47)43-22-14-21-42-41-20-11-13-24-48(41)54-50(42)43/h5-33H,1-4H3. The van der Waals surface area contributed by atoms with Gasteiger partial charge in [0.2, 0.25) is 0 Å². The fraction of sp³-hybridized carbons (Fsp3) is 0.115. The molecule has 0 spiro atoms. The molecule has 8 aromatic carbocycles. The summed E-state index contributed by atoms with van der Waals surface area (Å²) >= 11 is 1.90. The first-order valence-electron chi connectivity index (χ1n) is 18.9. The first-order chi connectivity index (χ1) is 26.3. The molecule has 0 N–H and O–H groups in total. The molecule has 1 heterocycles. The zero-order valence-electron chi connectivity index (χ0n) is 31.1. The fourth-order valence-electron chi connectivity index (χ4n) is 9.00. The molecule has 0 amide bonds. The molecule has 0 atom stereocenters. The average molecular weight is 712 g/mol. The molecule has 0 saturated heterocycles. The molecule has 0 bridgehead atoms. The van der Waals surface area contributed by atoms with Crippen LogP contribution in [0.5, 0.6) is 0 Å². The molecule has 1 aliphatic rings. The van der Waals surface area contributed by atoms with Crippen LogP contribution in [0.15, 0.2) is 176 Å². The van der Waals surface area contributed by atoms with Gasteiger partial charge in [0.05, 0.1) is 5.69 Å². The van der Waals surface area contributed by atoms with Crippen LogP contribution in [-0.2, 0) is 10.8 Å². The lowest BCUT2D eigenvalue weighted by Gasteiger charge is -2.31. The van der Waals surface area contributed by atoms with Crippen molar-refractivity contribution in [3.8, 4) is 22.3 Å². The van der Waals surface area contributed by atoms with Gasteiger partial charge in [-0.25, -0.2) is 0 Å². The third kappa shape index (κ3) is 4.97. The minimum absolute atomic E-state index is 0.0646. The number of anilines is 3. The summed E-state index contributed by atoms with van der Waals surface area (Å²) in [7, 11) is 0. The first kappa shape index (κ1) is 32.7. The van der Waals surface area contributed by atoms with Gasteiger partial charge < -0.3 is 4.90 Å². The van der Waals surface area contributed by atoms with Gasteiger partial charge in [0.15, 0.2) is 0 Å². The van der Waals surface area contributed by atoms with Gasteiger partial charge in [-0.3, -0.25) is 0 Å². The van der Waals surface area contributed by atoms with Crippen molar-refractivity contribution in [3.05, 3.63) is 198 Å². The molecule has 0 radical (unpaired) electrons. The van der Waals surface area contributed by atoms with Crippen molar-refractivity contribution in [1.82, 2.24) is 0 Å². The van der Waals surface area contributed by atoms with Crippen molar-refractivity contribution in [2.24, 2.45) is 0 Å². The Hall–Kier alpha value is -5.96. The molecular weight excluding hydrogens is 671 g/mol. The number of benzene rings is 8. The molecule has 2 heteroatoms. The van der Waals surface area contributed by atoms with Crippen LogP contribution in [0.1, 0.15) is 49.9 Å². The van der Waals surface area contributed by atoms with Gasteiger partial charge in [-0.1, -0.05) is 167 Å². The average Bonchev–Trinajstić information content (AvgIpc) is 3.70. The van der Waals surface area contributed by atoms with E-state index in [1.54, 1.807) is 0 Å².